The third-order valence-electron chi connectivity index (χ3n) is 3.41. The van der Waals surface area contributed by atoms with Crippen LogP contribution in [-0.2, 0) is 10.0 Å². The fraction of sp³-hybridized carbons (Fsp3) is 0.188. The van der Waals surface area contributed by atoms with Gasteiger partial charge in [0.25, 0.3) is 10.0 Å². The maximum atomic E-state index is 12.7. The Hall–Kier alpha value is -2.32. The molecule has 6 nitrogen and oxygen atoms in total. The van der Waals surface area contributed by atoms with Gasteiger partial charge >= 0.3 is 0 Å². The molecule has 1 N–H and O–H groups in total. The molecule has 0 bridgehead atoms. The zero-order valence-corrected chi connectivity index (χ0v) is 15.0. The molecule has 8 heteroatoms. The van der Waals surface area contributed by atoms with E-state index >= 15 is 0 Å². The number of ether oxygens (including phenoxy) is 2. The summed E-state index contributed by atoms with van der Waals surface area (Å²) in [6, 6.07) is 9.87. The highest BCUT2D eigenvalue weighted by Crippen LogP contribution is 2.31. The van der Waals surface area contributed by atoms with Crippen molar-refractivity contribution in [1.29, 1.82) is 0 Å². The highest BCUT2D eigenvalue weighted by molar-refractivity contribution is 7.92. The Labute approximate surface area is 144 Å². The van der Waals surface area contributed by atoms with Crippen molar-refractivity contribution in [3.63, 3.8) is 0 Å². The van der Waals surface area contributed by atoms with E-state index < -0.39 is 10.0 Å². The summed E-state index contributed by atoms with van der Waals surface area (Å²) in [6.07, 6.45) is 0. The molecule has 24 heavy (non-hydrogen) atoms. The topological polar surface area (TPSA) is 77.5 Å². The Kier molecular flexibility index (Phi) is 4.33. The summed E-state index contributed by atoms with van der Waals surface area (Å²) in [5, 5.41) is 0.930. The summed E-state index contributed by atoms with van der Waals surface area (Å²) in [7, 11) is -0.920. The van der Waals surface area contributed by atoms with E-state index in [0.717, 1.165) is 15.2 Å². The molecule has 1 heterocycles. The van der Waals surface area contributed by atoms with E-state index in [-0.39, 0.29) is 10.6 Å². The van der Waals surface area contributed by atoms with Crippen LogP contribution in [-0.4, -0.2) is 27.6 Å². The van der Waals surface area contributed by atoms with Gasteiger partial charge in [-0.1, -0.05) is 0 Å². The molecule has 0 unspecified atom stereocenters. The van der Waals surface area contributed by atoms with Crippen LogP contribution in [0.25, 0.3) is 10.2 Å². The molecule has 0 atom stereocenters. The van der Waals surface area contributed by atoms with Crippen LogP contribution >= 0.6 is 11.3 Å². The number of aromatic nitrogens is 1. The maximum absolute atomic E-state index is 12.7. The summed E-state index contributed by atoms with van der Waals surface area (Å²) < 4.78 is 39.2. The molecule has 0 aliphatic heterocycles. The van der Waals surface area contributed by atoms with Gasteiger partial charge in [0.2, 0.25) is 0 Å². The number of nitrogens with zero attached hydrogens (tertiary/aromatic N) is 1. The number of hydrogen-bond acceptors (Lipinski definition) is 6. The zero-order chi connectivity index (χ0) is 17.3. The van der Waals surface area contributed by atoms with Gasteiger partial charge in [-0.2, -0.15) is 0 Å². The molecule has 0 aliphatic rings. The van der Waals surface area contributed by atoms with Gasteiger partial charge in [0.05, 0.1) is 35.1 Å². The van der Waals surface area contributed by atoms with Gasteiger partial charge in [-0.3, -0.25) is 4.72 Å². The van der Waals surface area contributed by atoms with Crippen molar-refractivity contribution in [2.75, 3.05) is 18.9 Å². The van der Waals surface area contributed by atoms with Gasteiger partial charge < -0.3 is 9.47 Å². The number of methoxy groups -OCH3 is 2. The first-order valence-electron chi connectivity index (χ1n) is 7.05. The van der Waals surface area contributed by atoms with Crippen LogP contribution in [0.15, 0.2) is 41.3 Å². The first kappa shape index (κ1) is 16.5. The van der Waals surface area contributed by atoms with Gasteiger partial charge in [-0.25, -0.2) is 13.4 Å². The van der Waals surface area contributed by atoms with E-state index in [1.165, 1.54) is 31.6 Å². The molecule has 0 aliphatic carbocycles. The second-order valence-corrected chi connectivity index (χ2v) is 7.92. The minimum atomic E-state index is -3.82. The van der Waals surface area contributed by atoms with Crippen LogP contribution in [0.5, 0.6) is 11.5 Å². The standard InChI is InChI=1S/C16H16N2O4S2/c1-10-17-13-6-4-11(8-15(13)23-10)18-24(19,20)16-9-12(21-2)5-7-14(16)22-3/h4-9,18H,1-3H3. The highest BCUT2D eigenvalue weighted by Gasteiger charge is 2.21. The van der Waals surface area contributed by atoms with Crippen LogP contribution in [0.1, 0.15) is 5.01 Å². The van der Waals surface area contributed by atoms with E-state index in [0.29, 0.717) is 11.4 Å². The van der Waals surface area contributed by atoms with E-state index in [4.69, 9.17) is 9.47 Å². The molecule has 0 saturated carbocycles. The van der Waals surface area contributed by atoms with Crippen molar-refractivity contribution in [2.45, 2.75) is 11.8 Å². The van der Waals surface area contributed by atoms with Gasteiger partial charge in [-0.05, 0) is 37.3 Å². The second-order valence-electron chi connectivity index (χ2n) is 5.04. The summed E-state index contributed by atoms with van der Waals surface area (Å²) in [5.74, 6) is 0.683. The molecule has 0 amide bonds. The predicted octanol–water partition coefficient (Wildman–Crippen LogP) is 3.42. The quantitative estimate of drug-likeness (QED) is 0.750. The molecule has 0 radical (unpaired) electrons. The largest absolute Gasteiger partial charge is 0.497 e. The third kappa shape index (κ3) is 3.15. The van der Waals surface area contributed by atoms with Crippen molar-refractivity contribution < 1.29 is 17.9 Å². The number of thiazole rings is 1. The lowest BCUT2D eigenvalue weighted by molar-refractivity contribution is 0.392. The van der Waals surface area contributed by atoms with Crippen LogP contribution in [0.4, 0.5) is 5.69 Å². The fourth-order valence-electron chi connectivity index (χ4n) is 2.31. The summed E-state index contributed by atoms with van der Waals surface area (Å²) >= 11 is 1.51. The Morgan fingerprint density at radius 3 is 2.58 bits per heavy atom. The monoisotopic (exact) mass is 364 g/mol. The normalized spacial score (nSPS) is 11.5. The maximum Gasteiger partial charge on any atom is 0.265 e. The SMILES string of the molecule is COc1ccc(OC)c(S(=O)(=O)Nc2ccc3nc(C)sc3c2)c1. The molecule has 0 spiro atoms. The average Bonchev–Trinajstić information content (AvgIpc) is 2.93. The Balaban J connectivity index is 2.00. The van der Waals surface area contributed by atoms with Gasteiger partial charge in [0.15, 0.2) is 0 Å². The van der Waals surface area contributed by atoms with Crippen molar-refractivity contribution in [3.05, 3.63) is 41.4 Å². The number of fused-ring (bicyclic) bond motifs is 1. The number of nitrogens with one attached hydrogen (secondary N) is 1. The van der Waals surface area contributed by atoms with Gasteiger partial charge in [0, 0.05) is 6.07 Å². The van der Waals surface area contributed by atoms with E-state index in [1.807, 2.05) is 6.92 Å². The molecule has 3 rings (SSSR count). The second kappa shape index (κ2) is 6.29. The zero-order valence-electron chi connectivity index (χ0n) is 13.4. The lowest BCUT2D eigenvalue weighted by atomic mass is 10.3. The highest BCUT2D eigenvalue weighted by atomic mass is 32.2. The molecule has 1 aromatic heterocycles. The Bertz CT molecular complexity index is 996. The summed E-state index contributed by atoms with van der Waals surface area (Å²) in [4.78, 5) is 4.38. The molecule has 2 aromatic carbocycles. The molecule has 0 saturated heterocycles. The molecule has 126 valence electrons. The number of rotatable bonds is 5. The molecular weight excluding hydrogens is 348 g/mol. The Morgan fingerprint density at radius 2 is 1.88 bits per heavy atom. The molecule has 3 aromatic rings. The predicted molar refractivity (Wildman–Crippen MR) is 94.7 cm³/mol. The average molecular weight is 364 g/mol. The van der Waals surface area contributed by atoms with Crippen LogP contribution in [0.3, 0.4) is 0 Å². The molecule has 0 fully saturated rings. The van der Waals surface area contributed by atoms with Crippen LogP contribution in [0.2, 0.25) is 0 Å². The third-order valence-corrected chi connectivity index (χ3v) is 5.74. The van der Waals surface area contributed by atoms with E-state index in [2.05, 4.69) is 9.71 Å². The number of aryl methyl sites for hydroxylation is 1. The van der Waals surface area contributed by atoms with Crippen molar-refractivity contribution in [3.8, 4) is 11.5 Å². The van der Waals surface area contributed by atoms with Crippen LogP contribution < -0.4 is 14.2 Å². The van der Waals surface area contributed by atoms with E-state index in [1.54, 1.807) is 30.3 Å². The molecular formula is C16H16N2O4S2. The first-order chi connectivity index (χ1) is 11.4. The number of benzene rings is 2. The number of anilines is 1. The van der Waals surface area contributed by atoms with Gasteiger partial charge in [-0.15, -0.1) is 11.3 Å². The summed E-state index contributed by atoms with van der Waals surface area (Å²) in [5.41, 5.74) is 1.32. The first-order valence-corrected chi connectivity index (χ1v) is 9.35. The van der Waals surface area contributed by atoms with E-state index in [9.17, 15) is 8.42 Å². The van der Waals surface area contributed by atoms with Crippen LogP contribution in [0, 0.1) is 6.92 Å². The lowest BCUT2D eigenvalue weighted by Crippen LogP contribution is -2.14. The van der Waals surface area contributed by atoms with Gasteiger partial charge in [0.1, 0.15) is 16.4 Å². The number of hydrogen-bond donors (Lipinski definition) is 1. The van der Waals surface area contributed by atoms with Crippen molar-refractivity contribution in [2.24, 2.45) is 0 Å². The van der Waals surface area contributed by atoms with Crippen molar-refractivity contribution in [1.82, 2.24) is 4.98 Å². The minimum Gasteiger partial charge on any atom is -0.497 e. The number of sulfonamides is 1. The fourth-order valence-corrected chi connectivity index (χ4v) is 4.41. The lowest BCUT2D eigenvalue weighted by Gasteiger charge is -2.12. The summed E-state index contributed by atoms with van der Waals surface area (Å²) in [6.45, 7) is 1.91. The smallest absolute Gasteiger partial charge is 0.265 e. The Morgan fingerprint density at radius 1 is 1.08 bits per heavy atom. The minimum absolute atomic E-state index is 0.0185. The van der Waals surface area contributed by atoms with Crippen molar-refractivity contribution >= 4 is 37.3 Å².